The summed E-state index contributed by atoms with van der Waals surface area (Å²) in [6, 6.07) is 13.7. The smallest absolute Gasteiger partial charge is 0.0645 e. The molecular formula is C17H18Cl2N2. The third kappa shape index (κ3) is 4.23. The minimum absolute atomic E-state index is 0.517. The molecule has 2 rings (SSSR count). The summed E-state index contributed by atoms with van der Waals surface area (Å²) in [5.41, 5.74) is 3.07. The average molecular weight is 321 g/mol. The van der Waals surface area contributed by atoms with Crippen LogP contribution in [0.1, 0.15) is 19.4 Å². The van der Waals surface area contributed by atoms with Crippen molar-refractivity contribution < 1.29 is 0 Å². The Morgan fingerprint density at radius 2 is 1.62 bits per heavy atom. The molecular weight excluding hydrogens is 303 g/mol. The number of rotatable bonds is 5. The first-order valence-electron chi connectivity index (χ1n) is 6.98. The number of anilines is 1. The van der Waals surface area contributed by atoms with Gasteiger partial charge in [0.1, 0.15) is 0 Å². The zero-order chi connectivity index (χ0) is 15.2. The Morgan fingerprint density at radius 3 is 2.19 bits per heavy atom. The third-order valence-corrected chi connectivity index (χ3v) is 4.03. The Balaban J connectivity index is 2.12. The van der Waals surface area contributed by atoms with E-state index in [0.717, 1.165) is 24.3 Å². The largest absolute Gasteiger partial charge is 0.372 e. The van der Waals surface area contributed by atoms with Crippen molar-refractivity contribution in [3.63, 3.8) is 0 Å². The molecule has 0 spiro atoms. The van der Waals surface area contributed by atoms with Crippen LogP contribution in [-0.4, -0.2) is 19.3 Å². The number of nitrogens with zero attached hydrogens (tertiary/aromatic N) is 2. The molecule has 0 amide bonds. The van der Waals surface area contributed by atoms with Crippen LogP contribution in [0.3, 0.4) is 0 Å². The van der Waals surface area contributed by atoms with Crippen molar-refractivity contribution in [1.29, 1.82) is 0 Å². The fourth-order valence-electron chi connectivity index (χ4n) is 2.07. The molecule has 0 saturated heterocycles. The lowest BCUT2D eigenvalue weighted by atomic mass is 10.2. The summed E-state index contributed by atoms with van der Waals surface area (Å²) in [7, 11) is 0. The zero-order valence-electron chi connectivity index (χ0n) is 12.2. The van der Waals surface area contributed by atoms with E-state index in [1.165, 1.54) is 5.69 Å². The van der Waals surface area contributed by atoms with Crippen molar-refractivity contribution >= 4 is 40.8 Å². The van der Waals surface area contributed by atoms with E-state index in [1.807, 2.05) is 12.3 Å². The number of hydrogen-bond donors (Lipinski definition) is 0. The summed E-state index contributed by atoms with van der Waals surface area (Å²) in [6.45, 7) is 6.33. The Kier molecular flexibility index (Phi) is 5.66. The van der Waals surface area contributed by atoms with E-state index < -0.39 is 0 Å². The summed E-state index contributed by atoms with van der Waals surface area (Å²) in [6.07, 6.45) is 1.82. The predicted octanol–water partition coefficient (Wildman–Crippen LogP) is 5.59. The van der Waals surface area contributed by atoms with Gasteiger partial charge in [-0.2, -0.15) is 0 Å². The highest BCUT2D eigenvalue weighted by Gasteiger charge is 2.01. The van der Waals surface area contributed by atoms with Gasteiger partial charge in [-0.25, -0.2) is 0 Å². The third-order valence-electron chi connectivity index (χ3n) is 3.29. The van der Waals surface area contributed by atoms with Crippen LogP contribution in [0.15, 0.2) is 47.5 Å². The van der Waals surface area contributed by atoms with Gasteiger partial charge >= 0.3 is 0 Å². The summed E-state index contributed by atoms with van der Waals surface area (Å²) >= 11 is 11.9. The van der Waals surface area contributed by atoms with Crippen LogP contribution in [0.4, 0.5) is 11.4 Å². The molecule has 0 saturated carbocycles. The van der Waals surface area contributed by atoms with Crippen molar-refractivity contribution in [2.75, 3.05) is 18.0 Å². The van der Waals surface area contributed by atoms with Gasteiger partial charge in [0, 0.05) is 25.0 Å². The van der Waals surface area contributed by atoms with E-state index in [4.69, 9.17) is 23.2 Å². The second-order valence-corrected chi connectivity index (χ2v) is 5.43. The quantitative estimate of drug-likeness (QED) is 0.655. The number of aliphatic imine (C=N–C) groups is 1. The highest BCUT2D eigenvalue weighted by molar-refractivity contribution is 6.42. The van der Waals surface area contributed by atoms with Gasteiger partial charge in [0.25, 0.3) is 0 Å². The molecule has 110 valence electrons. The second kappa shape index (κ2) is 7.48. The molecule has 0 heterocycles. The van der Waals surface area contributed by atoms with Gasteiger partial charge in [-0.15, -0.1) is 0 Å². The average Bonchev–Trinajstić information content (AvgIpc) is 2.51. The van der Waals surface area contributed by atoms with Crippen LogP contribution in [0.5, 0.6) is 0 Å². The number of benzene rings is 2. The number of hydrogen-bond acceptors (Lipinski definition) is 2. The predicted molar refractivity (Wildman–Crippen MR) is 93.7 cm³/mol. The fraction of sp³-hybridized carbons (Fsp3) is 0.235. The van der Waals surface area contributed by atoms with Crippen LogP contribution in [0.2, 0.25) is 10.0 Å². The Morgan fingerprint density at radius 1 is 0.952 bits per heavy atom. The Hall–Kier alpha value is -1.51. The molecule has 0 N–H and O–H groups in total. The van der Waals surface area contributed by atoms with Gasteiger partial charge in [0.2, 0.25) is 0 Å². The molecule has 21 heavy (non-hydrogen) atoms. The van der Waals surface area contributed by atoms with Crippen LogP contribution in [0.25, 0.3) is 0 Å². The summed E-state index contributed by atoms with van der Waals surface area (Å²) in [5.74, 6) is 0. The highest BCUT2D eigenvalue weighted by atomic mass is 35.5. The molecule has 0 radical (unpaired) electrons. The zero-order valence-corrected chi connectivity index (χ0v) is 13.7. The van der Waals surface area contributed by atoms with Gasteiger partial charge in [0.05, 0.1) is 15.7 Å². The molecule has 4 heteroatoms. The standard InChI is InChI=1S/C17H18Cl2N2/c1-3-21(4-2)15-8-5-13(6-9-15)12-20-14-7-10-16(18)17(19)11-14/h5-12H,3-4H2,1-2H3. The normalized spacial score (nSPS) is 11.0. The molecule has 0 aliphatic carbocycles. The van der Waals surface area contributed by atoms with Crippen molar-refractivity contribution in [3.05, 3.63) is 58.1 Å². The van der Waals surface area contributed by atoms with E-state index in [-0.39, 0.29) is 0 Å². The first kappa shape index (κ1) is 15.9. The summed E-state index contributed by atoms with van der Waals surface area (Å²) in [5, 5.41) is 1.06. The minimum Gasteiger partial charge on any atom is -0.372 e. The van der Waals surface area contributed by atoms with Gasteiger partial charge in [-0.05, 0) is 49.7 Å². The maximum Gasteiger partial charge on any atom is 0.0645 e. The van der Waals surface area contributed by atoms with Crippen molar-refractivity contribution in [3.8, 4) is 0 Å². The number of halogens is 2. The molecule has 2 nitrogen and oxygen atoms in total. The van der Waals surface area contributed by atoms with Gasteiger partial charge in [-0.3, -0.25) is 4.99 Å². The van der Waals surface area contributed by atoms with Gasteiger partial charge in [-0.1, -0.05) is 35.3 Å². The first-order chi connectivity index (χ1) is 10.1. The summed E-state index contributed by atoms with van der Waals surface area (Å²) in [4.78, 5) is 6.72. The lowest BCUT2D eigenvalue weighted by Crippen LogP contribution is -2.21. The molecule has 0 bridgehead atoms. The van der Waals surface area contributed by atoms with E-state index in [1.54, 1.807) is 12.1 Å². The van der Waals surface area contributed by atoms with Crippen LogP contribution < -0.4 is 4.90 Å². The van der Waals surface area contributed by atoms with E-state index >= 15 is 0 Å². The summed E-state index contributed by atoms with van der Waals surface area (Å²) < 4.78 is 0. The Bertz CT molecular complexity index is 617. The first-order valence-corrected chi connectivity index (χ1v) is 7.73. The molecule has 0 fully saturated rings. The van der Waals surface area contributed by atoms with Gasteiger partial charge in [0.15, 0.2) is 0 Å². The van der Waals surface area contributed by atoms with Crippen molar-refractivity contribution in [2.45, 2.75) is 13.8 Å². The van der Waals surface area contributed by atoms with Crippen molar-refractivity contribution in [2.24, 2.45) is 4.99 Å². The highest BCUT2D eigenvalue weighted by Crippen LogP contribution is 2.26. The SMILES string of the molecule is CCN(CC)c1ccc(C=Nc2ccc(Cl)c(Cl)c2)cc1. The van der Waals surface area contributed by atoms with E-state index in [9.17, 15) is 0 Å². The Labute approximate surface area is 136 Å². The lowest BCUT2D eigenvalue weighted by molar-refractivity contribution is 0.866. The van der Waals surface area contributed by atoms with E-state index in [0.29, 0.717) is 10.0 Å². The van der Waals surface area contributed by atoms with E-state index in [2.05, 4.69) is 48.0 Å². The van der Waals surface area contributed by atoms with Crippen LogP contribution in [-0.2, 0) is 0 Å². The molecule has 0 atom stereocenters. The van der Waals surface area contributed by atoms with Crippen LogP contribution >= 0.6 is 23.2 Å². The maximum absolute atomic E-state index is 5.97. The maximum atomic E-state index is 5.97. The van der Waals surface area contributed by atoms with Crippen LogP contribution in [0, 0.1) is 0 Å². The fourth-order valence-corrected chi connectivity index (χ4v) is 2.37. The molecule has 0 unspecified atom stereocenters. The second-order valence-electron chi connectivity index (χ2n) is 4.62. The van der Waals surface area contributed by atoms with Crippen molar-refractivity contribution in [1.82, 2.24) is 0 Å². The molecule has 2 aromatic carbocycles. The molecule has 0 aliphatic heterocycles. The monoisotopic (exact) mass is 320 g/mol. The molecule has 0 aliphatic rings. The van der Waals surface area contributed by atoms with Gasteiger partial charge < -0.3 is 4.90 Å². The molecule has 2 aromatic rings. The molecule has 0 aromatic heterocycles. The topological polar surface area (TPSA) is 15.6 Å². The lowest BCUT2D eigenvalue weighted by Gasteiger charge is -2.20. The minimum atomic E-state index is 0.517.